The standard InChI is InChI=1S/C21H22N2O3S/c1-12(2)9-14-10-15-13(11-16(14)26-3)6-7-23-19(15)18(17-5-4-8-27-17)22-20(23)21(24)25/h4-5,8,10-12H,6-7,9H2,1-3H3,(H,24,25). The predicted octanol–water partition coefficient (Wildman–Crippen LogP) is 4.74. The lowest BCUT2D eigenvalue weighted by molar-refractivity contribution is 0.0678. The summed E-state index contributed by atoms with van der Waals surface area (Å²) in [5.74, 6) is 0.530. The lowest BCUT2D eigenvalue weighted by Gasteiger charge is -2.23. The Morgan fingerprint density at radius 3 is 2.85 bits per heavy atom. The molecule has 2 aromatic heterocycles. The third kappa shape index (κ3) is 3.04. The quantitative estimate of drug-likeness (QED) is 0.692. The van der Waals surface area contributed by atoms with E-state index < -0.39 is 5.97 Å². The highest BCUT2D eigenvalue weighted by atomic mass is 32.1. The van der Waals surface area contributed by atoms with Gasteiger partial charge < -0.3 is 14.4 Å². The maximum absolute atomic E-state index is 11.8. The molecule has 0 saturated carbocycles. The highest BCUT2D eigenvalue weighted by molar-refractivity contribution is 7.13. The fourth-order valence-electron chi connectivity index (χ4n) is 3.81. The molecule has 140 valence electrons. The summed E-state index contributed by atoms with van der Waals surface area (Å²) in [5, 5.41) is 11.6. The molecule has 0 aliphatic carbocycles. The van der Waals surface area contributed by atoms with Crippen LogP contribution in [0.25, 0.3) is 21.8 Å². The number of rotatable bonds is 5. The Morgan fingerprint density at radius 2 is 2.22 bits per heavy atom. The number of carbonyl (C=O) groups is 1. The molecule has 0 unspecified atom stereocenters. The van der Waals surface area contributed by atoms with Crippen molar-refractivity contribution in [2.75, 3.05) is 7.11 Å². The van der Waals surface area contributed by atoms with Crippen molar-refractivity contribution in [2.24, 2.45) is 5.92 Å². The summed E-state index contributed by atoms with van der Waals surface area (Å²) in [5.41, 5.74) is 5.06. The average molecular weight is 382 g/mol. The topological polar surface area (TPSA) is 64.3 Å². The van der Waals surface area contributed by atoms with Crippen LogP contribution >= 0.6 is 11.3 Å². The Morgan fingerprint density at radius 1 is 1.41 bits per heavy atom. The predicted molar refractivity (Wildman–Crippen MR) is 107 cm³/mol. The number of ether oxygens (including phenoxy) is 1. The molecular formula is C21H22N2O3S. The number of aryl methyl sites for hydroxylation is 1. The van der Waals surface area contributed by atoms with Gasteiger partial charge in [-0.05, 0) is 53.5 Å². The summed E-state index contributed by atoms with van der Waals surface area (Å²) in [6, 6.07) is 8.24. The van der Waals surface area contributed by atoms with Gasteiger partial charge in [-0.15, -0.1) is 11.3 Å². The van der Waals surface area contributed by atoms with Gasteiger partial charge in [0.05, 0.1) is 17.7 Å². The Balaban J connectivity index is 1.97. The zero-order valence-electron chi connectivity index (χ0n) is 15.7. The summed E-state index contributed by atoms with van der Waals surface area (Å²) in [6.45, 7) is 4.97. The first kappa shape index (κ1) is 17.8. The highest BCUT2D eigenvalue weighted by Crippen LogP contribution is 2.42. The zero-order chi connectivity index (χ0) is 19.1. The highest BCUT2D eigenvalue weighted by Gasteiger charge is 2.29. The van der Waals surface area contributed by atoms with Gasteiger partial charge in [-0.3, -0.25) is 0 Å². The third-order valence-corrected chi connectivity index (χ3v) is 5.78. The van der Waals surface area contributed by atoms with Crippen LogP contribution in [0.1, 0.15) is 35.6 Å². The van der Waals surface area contributed by atoms with Gasteiger partial charge in [-0.1, -0.05) is 19.9 Å². The number of carboxylic acids is 1. The molecule has 0 fully saturated rings. The van der Waals surface area contributed by atoms with E-state index in [1.165, 1.54) is 5.56 Å². The minimum atomic E-state index is -0.988. The third-order valence-electron chi connectivity index (χ3n) is 4.91. The van der Waals surface area contributed by atoms with Crippen molar-refractivity contribution >= 4 is 17.3 Å². The second kappa shape index (κ2) is 6.85. The number of thiophene rings is 1. The van der Waals surface area contributed by atoms with Crippen LogP contribution in [-0.2, 0) is 19.4 Å². The maximum Gasteiger partial charge on any atom is 0.372 e. The number of carboxylic acid groups (broad SMARTS) is 1. The van der Waals surface area contributed by atoms with Crippen LogP contribution in [0.5, 0.6) is 5.75 Å². The van der Waals surface area contributed by atoms with Crippen molar-refractivity contribution in [1.82, 2.24) is 9.55 Å². The second-order valence-electron chi connectivity index (χ2n) is 7.24. The van der Waals surface area contributed by atoms with E-state index in [0.29, 0.717) is 12.5 Å². The first-order valence-electron chi connectivity index (χ1n) is 9.07. The van der Waals surface area contributed by atoms with Gasteiger partial charge in [0.15, 0.2) is 0 Å². The lowest BCUT2D eigenvalue weighted by Crippen LogP contribution is -2.17. The molecule has 1 N–H and O–H groups in total. The number of imidazole rings is 1. The fourth-order valence-corrected chi connectivity index (χ4v) is 4.52. The molecule has 0 radical (unpaired) electrons. The number of methoxy groups -OCH3 is 1. The molecule has 27 heavy (non-hydrogen) atoms. The van der Waals surface area contributed by atoms with Crippen LogP contribution in [-0.4, -0.2) is 27.7 Å². The maximum atomic E-state index is 11.8. The van der Waals surface area contributed by atoms with Gasteiger partial charge in [-0.25, -0.2) is 9.78 Å². The van der Waals surface area contributed by atoms with Crippen molar-refractivity contribution < 1.29 is 14.6 Å². The zero-order valence-corrected chi connectivity index (χ0v) is 16.5. The molecule has 1 aliphatic rings. The van der Waals surface area contributed by atoms with Gasteiger partial charge in [0, 0.05) is 12.1 Å². The molecule has 4 rings (SSSR count). The molecule has 5 nitrogen and oxygen atoms in total. The number of fused-ring (bicyclic) bond motifs is 3. The van der Waals surface area contributed by atoms with E-state index in [2.05, 4.69) is 31.0 Å². The number of nitrogens with zero attached hydrogens (tertiary/aromatic N) is 2. The molecule has 3 heterocycles. The summed E-state index contributed by atoms with van der Waals surface area (Å²) in [6.07, 6.45) is 1.67. The monoisotopic (exact) mass is 382 g/mol. The molecule has 1 aromatic carbocycles. The molecule has 0 amide bonds. The largest absolute Gasteiger partial charge is 0.496 e. The molecule has 0 atom stereocenters. The van der Waals surface area contributed by atoms with Crippen LogP contribution in [0.2, 0.25) is 0 Å². The SMILES string of the molecule is COc1cc2c(cc1CC(C)C)-c1c(-c3cccs3)nc(C(=O)O)n1CC2. The minimum absolute atomic E-state index is 0.111. The van der Waals surface area contributed by atoms with Crippen molar-refractivity contribution in [3.63, 3.8) is 0 Å². The summed E-state index contributed by atoms with van der Waals surface area (Å²) >= 11 is 1.58. The average Bonchev–Trinajstić information content (AvgIpc) is 3.28. The first-order chi connectivity index (χ1) is 13.0. The Bertz CT molecular complexity index is 1000. The summed E-state index contributed by atoms with van der Waals surface area (Å²) in [4.78, 5) is 17.3. The number of benzene rings is 1. The van der Waals surface area contributed by atoms with Gasteiger partial charge in [0.25, 0.3) is 0 Å². The number of aromatic nitrogens is 2. The van der Waals surface area contributed by atoms with Gasteiger partial charge in [-0.2, -0.15) is 0 Å². The second-order valence-corrected chi connectivity index (χ2v) is 8.18. The van der Waals surface area contributed by atoms with E-state index in [0.717, 1.165) is 46.0 Å². The smallest absolute Gasteiger partial charge is 0.372 e. The van der Waals surface area contributed by atoms with Crippen molar-refractivity contribution in [3.05, 3.63) is 46.6 Å². The molecule has 1 aliphatic heterocycles. The van der Waals surface area contributed by atoms with Crippen LogP contribution in [0, 0.1) is 5.92 Å². The van der Waals surface area contributed by atoms with Crippen molar-refractivity contribution in [1.29, 1.82) is 0 Å². The lowest BCUT2D eigenvalue weighted by atomic mass is 9.91. The molecular weight excluding hydrogens is 360 g/mol. The van der Waals surface area contributed by atoms with E-state index in [-0.39, 0.29) is 5.82 Å². The van der Waals surface area contributed by atoms with E-state index in [9.17, 15) is 9.90 Å². The normalized spacial score (nSPS) is 12.7. The fraction of sp³-hybridized carbons (Fsp3) is 0.333. The van der Waals surface area contributed by atoms with Gasteiger partial charge in [0.1, 0.15) is 11.4 Å². The van der Waals surface area contributed by atoms with Crippen LogP contribution in [0.15, 0.2) is 29.6 Å². The number of aromatic carboxylic acids is 1. The summed E-state index contributed by atoms with van der Waals surface area (Å²) in [7, 11) is 1.71. The molecule has 6 heteroatoms. The Kier molecular flexibility index (Phi) is 4.52. The summed E-state index contributed by atoms with van der Waals surface area (Å²) < 4.78 is 7.48. The van der Waals surface area contributed by atoms with Crippen LogP contribution in [0.3, 0.4) is 0 Å². The molecule has 0 spiro atoms. The number of hydrogen-bond acceptors (Lipinski definition) is 4. The van der Waals surface area contributed by atoms with Crippen molar-refractivity contribution in [2.45, 2.75) is 33.2 Å². The van der Waals surface area contributed by atoms with Crippen LogP contribution < -0.4 is 4.74 Å². The minimum Gasteiger partial charge on any atom is -0.496 e. The molecule has 3 aromatic rings. The van der Waals surface area contributed by atoms with E-state index in [4.69, 9.17) is 4.74 Å². The molecule has 0 saturated heterocycles. The Hall–Kier alpha value is -2.60. The van der Waals surface area contributed by atoms with E-state index >= 15 is 0 Å². The number of hydrogen-bond donors (Lipinski definition) is 1. The van der Waals surface area contributed by atoms with Crippen LogP contribution in [0.4, 0.5) is 0 Å². The first-order valence-corrected chi connectivity index (χ1v) is 9.95. The van der Waals surface area contributed by atoms with Crippen molar-refractivity contribution in [3.8, 4) is 27.6 Å². The van der Waals surface area contributed by atoms with Gasteiger partial charge in [0.2, 0.25) is 5.82 Å². The molecule has 0 bridgehead atoms. The Labute approximate surface area is 162 Å². The van der Waals surface area contributed by atoms with E-state index in [1.807, 2.05) is 22.1 Å². The van der Waals surface area contributed by atoms with Gasteiger partial charge >= 0.3 is 5.97 Å². The van der Waals surface area contributed by atoms with E-state index in [1.54, 1.807) is 18.4 Å².